The minimum atomic E-state index is -0.915. The second-order valence-electron chi connectivity index (χ2n) is 7.11. The Morgan fingerprint density at radius 2 is 2.08 bits per heavy atom. The second kappa shape index (κ2) is 12.2. The summed E-state index contributed by atoms with van der Waals surface area (Å²) in [6.45, 7) is 11.9. The van der Waals surface area contributed by atoms with Crippen LogP contribution in [0, 0.1) is 5.92 Å². The number of halogens is 1. The van der Waals surface area contributed by atoms with Gasteiger partial charge in [0.1, 0.15) is 5.60 Å². The summed E-state index contributed by atoms with van der Waals surface area (Å²) in [6.07, 6.45) is 3.74. The van der Waals surface area contributed by atoms with Gasteiger partial charge in [0.05, 0.1) is 6.54 Å². The Hall–Kier alpha value is -0.380. The topological polar surface area (TPSA) is 59.9 Å². The van der Waals surface area contributed by atoms with E-state index in [0.717, 1.165) is 23.9 Å². The number of rotatable bonds is 8. The van der Waals surface area contributed by atoms with E-state index in [1.54, 1.807) is 11.3 Å². The quantitative estimate of drug-likeness (QED) is 0.295. The van der Waals surface area contributed by atoms with Crippen LogP contribution < -0.4 is 10.6 Å². The lowest BCUT2D eigenvalue weighted by molar-refractivity contribution is 0.0711. The zero-order valence-electron chi connectivity index (χ0n) is 16.3. The maximum absolute atomic E-state index is 10.6. The molecule has 0 spiro atoms. The van der Waals surface area contributed by atoms with Gasteiger partial charge in [-0.25, -0.2) is 4.99 Å². The zero-order chi connectivity index (χ0) is 18.1. The van der Waals surface area contributed by atoms with E-state index < -0.39 is 5.60 Å². The molecule has 1 aliphatic heterocycles. The van der Waals surface area contributed by atoms with E-state index in [9.17, 15) is 5.11 Å². The number of aliphatic hydroxyl groups is 1. The molecule has 3 N–H and O–H groups in total. The summed E-state index contributed by atoms with van der Waals surface area (Å²) in [4.78, 5) is 8.13. The van der Waals surface area contributed by atoms with Crippen molar-refractivity contribution in [3.05, 3.63) is 22.4 Å². The minimum Gasteiger partial charge on any atom is -0.383 e. The van der Waals surface area contributed by atoms with Crippen molar-refractivity contribution in [3.8, 4) is 0 Å². The average Bonchev–Trinajstić information content (AvgIpc) is 3.14. The molecule has 1 aliphatic rings. The normalized spacial score (nSPS) is 18.8. The number of hydrogen-bond acceptors (Lipinski definition) is 4. The number of hydrogen-bond donors (Lipinski definition) is 3. The lowest BCUT2D eigenvalue weighted by Gasteiger charge is -2.32. The highest BCUT2D eigenvalue weighted by Gasteiger charge is 2.24. The van der Waals surface area contributed by atoms with Crippen molar-refractivity contribution < 1.29 is 5.11 Å². The number of thiophene rings is 1. The van der Waals surface area contributed by atoms with E-state index in [1.807, 2.05) is 24.4 Å². The summed E-state index contributed by atoms with van der Waals surface area (Å²) in [6, 6.07) is 3.93. The molecule has 26 heavy (non-hydrogen) atoms. The van der Waals surface area contributed by atoms with Crippen LogP contribution in [0.2, 0.25) is 0 Å². The van der Waals surface area contributed by atoms with Crippen LogP contribution in [0.5, 0.6) is 0 Å². The monoisotopic (exact) mass is 494 g/mol. The molecule has 1 unspecified atom stereocenters. The summed E-state index contributed by atoms with van der Waals surface area (Å²) in [5, 5.41) is 19.4. The first-order valence-corrected chi connectivity index (χ1v) is 10.4. The molecule has 1 saturated heterocycles. The molecule has 2 rings (SSSR count). The van der Waals surface area contributed by atoms with Crippen LogP contribution >= 0.6 is 35.3 Å². The Bertz CT molecular complexity index is 514. The molecule has 7 heteroatoms. The van der Waals surface area contributed by atoms with Crippen LogP contribution in [0.4, 0.5) is 0 Å². The minimum absolute atomic E-state index is 0. The lowest BCUT2D eigenvalue weighted by Crippen LogP contribution is -2.43. The number of aliphatic imine (C=N–C) groups is 1. The molecule has 0 radical (unpaired) electrons. The molecule has 0 amide bonds. The molecule has 0 saturated carbocycles. The van der Waals surface area contributed by atoms with Gasteiger partial charge in [0, 0.05) is 18.0 Å². The highest BCUT2D eigenvalue weighted by molar-refractivity contribution is 14.0. The van der Waals surface area contributed by atoms with Gasteiger partial charge in [-0.1, -0.05) is 13.0 Å². The Labute approximate surface area is 179 Å². The van der Waals surface area contributed by atoms with Gasteiger partial charge in [-0.15, -0.1) is 35.3 Å². The van der Waals surface area contributed by atoms with E-state index in [1.165, 1.54) is 38.9 Å². The standard InChI is InChI=1S/C19H34N4OS.HI/c1-4-10-23-11-8-16(9-12-23)14-21-18(20-5-2)22-15-19(3,24)17-7-6-13-25-17;/h6-7,13,16,24H,4-5,8-12,14-15H2,1-3H3,(H2,20,21,22);1H. The van der Waals surface area contributed by atoms with Gasteiger partial charge in [0.25, 0.3) is 0 Å². The highest BCUT2D eigenvalue weighted by Crippen LogP contribution is 2.25. The summed E-state index contributed by atoms with van der Waals surface area (Å²) >= 11 is 1.57. The lowest BCUT2D eigenvalue weighted by atomic mass is 9.97. The molecule has 5 nitrogen and oxygen atoms in total. The van der Waals surface area contributed by atoms with Crippen molar-refractivity contribution in [1.82, 2.24) is 15.5 Å². The summed E-state index contributed by atoms with van der Waals surface area (Å²) < 4.78 is 0. The zero-order valence-corrected chi connectivity index (χ0v) is 19.5. The summed E-state index contributed by atoms with van der Waals surface area (Å²) in [5.41, 5.74) is -0.915. The average molecular weight is 494 g/mol. The van der Waals surface area contributed by atoms with Gasteiger partial charge in [-0.2, -0.15) is 0 Å². The van der Waals surface area contributed by atoms with E-state index in [2.05, 4.69) is 34.4 Å². The molecule has 1 fully saturated rings. The van der Waals surface area contributed by atoms with Crippen molar-refractivity contribution in [2.45, 2.75) is 45.6 Å². The van der Waals surface area contributed by atoms with Crippen LogP contribution in [0.1, 0.15) is 44.9 Å². The largest absolute Gasteiger partial charge is 0.383 e. The SMILES string of the molecule is CCCN1CCC(CNC(=NCC(C)(O)c2cccs2)NCC)CC1.I. The van der Waals surface area contributed by atoms with Crippen LogP contribution in [0.25, 0.3) is 0 Å². The van der Waals surface area contributed by atoms with Crippen molar-refractivity contribution in [2.24, 2.45) is 10.9 Å². The Morgan fingerprint density at radius 3 is 2.65 bits per heavy atom. The van der Waals surface area contributed by atoms with Gasteiger partial charge in [-0.3, -0.25) is 0 Å². The Morgan fingerprint density at radius 1 is 1.35 bits per heavy atom. The molecule has 0 bridgehead atoms. The fourth-order valence-electron chi connectivity index (χ4n) is 3.21. The van der Waals surface area contributed by atoms with Gasteiger partial charge < -0.3 is 20.6 Å². The number of nitrogens with zero attached hydrogens (tertiary/aromatic N) is 2. The molecule has 150 valence electrons. The molecule has 0 aliphatic carbocycles. The fourth-order valence-corrected chi connectivity index (χ4v) is 3.99. The summed E-state index contributed by atoms with van der Waals surface area (Å²) in [7, 11) is 0. The van der Waals surface area contributed by atoms with Gasteiger partial charge >= 0.3 is 0 Å². The first kappa shape index (κ1) is 23.7. The number of nitrogens with one attached hydrogen (secondary N) is 2. The van der Waals surface area contributed by atoms with Crippen molar-refractivity contribution in [1.29, 1.82) is 0 Å². The summed E-state index contributed by atoms with van der Waals surface area (Å²) in [5.74, 6) is 1.50. The molecule has 1 aromatic rings. The number of guanidine groups is 1. The molecule has 1 aromatic heterocycles. The second-order valence-corrected chi connectivity index (χ2v) is 8.06. The first-order chi connectivity index (χ1) is 12.0. The van der Waals surface area contributed by atoms with E-state index in [4.69, 9.17) is 0 Å². The predicted octanol–water partition coefficient (Wildman–Crippen LogP) is 3.25. The third-order valence-electron chi connectivity index (χ3n) is 4.75. The van der Waals surface area contributed by atoms with E-state index >= 15 is 0 Å². The fraction of sp³-hybridized carbons (Fsp3) is 0.737. The Kier molecular flexibility index (Phi) is 11.1. The molecule has 0 aromatic carbocycles. The third kappa shape index (κ3) is 7.70. The molecule has 2 heterocycles. The van der Waals surface area contributed by atoms with Gasteiger partial charge in [-0.05, 0) is 70.1 Å². The molecular formula is C19H35IN4OS. The number of likely N-dealkylation sites (tertiary alicyclic amines) is 1. The van der Waals surface area contributed by atoms with Gasteiger partial charge in [0.2, 0.25) is 0 Å². The van der Waals surface area contributed by atoms with Crippen LogP contribution in [-0.4, -0.2) is 55.2 Å². The van der Waals surface area contributed by atoms with Crippen LogP contribution in [-0.2, 0) is 5.60 Å². The maximum Gasteiger partial charge on any atom is 0.191 e. The Balaban J connectivity index is 0.00000338. The predicted molar refractivity (Wildman–Crippen MR) is 123 cm³/mol. The van der Waals surface area contributed by atoms with Crippen LogP contribution in [0.3, 0.4) is 0 Å². The van der Waals surface area contributed by atoms with Crippen molar-refractivity contribution in [2.75, 3.05) is 39.3 Å². The van der Waals surface area contributed by atoms with Crippen LogP contribution in [0.15, 0.2) is 22.5 Å². The molecular weight excluding hydrogens is 459 g/mol. The van der Waals surface area contributed by atoms with E-state index in [-0.39, 0.29) is 24.0 Å². The van der Waals surface area contributed by atoms with E-state index in [0.29, 0.717) is 12.5 Å². The third-order valence-corrected chi connectivity index (χ3v) is 5.87. The molecule has 1 atom stereocenters. The smallest absolute Gasteiger partial charge is 0.191 e. The highest BCUT2D eigenvalue weighted by atomic mass is 127. The van der Waals surface area contributed by atoms with Crippen molar-refractivity contribution >= 4 is 41.3 Å². The maximum atomic E-state index is 10.6. The van der Waals surface area contributed by atoms with Gasteiger partial charge in [0.15, 0.2) is 5.96 Å². The number of piperidine rings is 1. The van der Waals surface area contributed by atoms with Crippen molar-refractivity contribution in [3.63, 3.8) is 0 Å². The first-order valence-electron chi connectivity index (χ1n) is 9.56.